The number of hydrogen-bond acceptors (Lipinski definition) is 3. The highest BCUT2D eigenvalue weighted by molar-refractivity contribution is 5.88. The van der Waals surface area contributed by atoms with Crippen LogP contribution in [0, 0.1) is 6.92 Å². The van der Waals surface area contributed by atoms with Crippen molar-refractivity contribution >= 4 is 10.9 Å². The summed E-state index contributed by atoms with van der Waals surface area (Å²) in [6.45, 7) is 4.54. The summed E-state index contributed by atoms with van der Waals surface area (Å²) in [5.41, 5.74) is 4.78. The molecule has 0 bridgehead atoms. The second-order valence-electron chi connectivity index (χ2n) is 8.28. The van der Waals surface area contributed by atoms with Crippen LogP contribution in [0.2, 0.25) is 0 Å². The average Bonchev–Trinajstić information content (AvgIpc) is 2.70. The number of rotatable bonds is 4. The molecule has 1 aliphatic carbocycles. The Morgan fingerprint density at radius 3 is 2.43 bits per heavy atom. The summed E-state index contributed by atoms with van der Waals surface area (Å²) >= 11 is 0. The number of piperidine rings is 1. The monoisotopic (exact) mass is 372 g/mol. The van der Waals surface area contributed by atoms with E-state index in [1.807, 2.05) is 12.3 Å². The Balaban J connectivity index is 1.27. The predicted octanol–water partition coefficient (Wildman–Crippen LogP) is 5.61. The minimum atomic E-state index is 0.355. The first-order chi connectivity index (χ1) is 13.8. The van der Waals surface area contributed by atoms with E-state index < -0.39 is 0 Å². The lowest BCUT2D eigenvalue weighted by Crippen LogP contribution is -2.46. The number of aryl methyl sites for hydroxylation is 1. The van der Waals surface area contributed by atoms with Crippen LogP contribution in [0.25, 0.3) is 22.0 Å². The third-order valence-corrected chi connectivity index (χ3v) is 6.56. The van der Waals surface area contributed by atoms with Crippen molar-refractivity contribution in [2.24, 2.45) is 0 Å². The van der Waals surface area contributed by atoms with Gasteiger partial charge in [-0.15, -0.1) is 0 Å². The number of nitrogens with zero attached hydrogens (tertiary/aromatic N) is 2. The molecule has 0 N–H and O–H groups in total. The Hall–Kier alpha value is -2.39. The molecule has 28 heavy (non-hydrogen) atoms. The van der Waals surface area contributed by atoms with Gasteiger partial charge in [0, 0.05) is 30.7 Å². The Morgan fingerprint density at radius 2 is 1.71 bits per heavy atom. The predicted molar refractivity (Wildman–Crippen MR) is 115 cm³/mol. The van der Waals surface area contributed by atoms with E-state index in [0.717, 1.165) is 30.1 Å². The third kappa shape index (κ3) is 3.40. The van der Waals surface area contributed by atoms with E-state index in [2.05, 4.69) is 59.3 Å². The summed E-state index contributed by atoms with van der Waals surface area (Å²) in [7, 11) is 0. The third-order valence-electron chi connectivity index (χ3n) is 6.56. The van der Waals surface area contributed by atoms with Gasteiger partial charge < -0.3 is 9.64 Å². The van der Waals surface area contributed by atoms with Gasteiger partial charge in [0.05, 0.1) is 5.52 Å². The fourth-order valence-corrected chi connectivity index (χ4v) is 4.62. The van der Waals surface area contributed by atoms with E-state index in [4.69, 9.17) is 4.74 Å². The first-order valence-electron chi connectivity index (χ1n) is 10.6. The highest BCUT2D eigenvalue weighted by Gasteiger charge is 2.29. The van der Waals surface area contributed by atoms with E-state index in [1.165, 1.54) is 54.4 Å². The molecule has 0 radical (unpaired) electrons. The molecule has 1 aromatic heterocycles. The van der Waals surface area contributed by atoms with Crippen molar-refractivity contribution in [3.05, 3.63) is 60.3 Å². The van der Waals surface area contributed by atoms with Gasteiger partial charge in [-0.1, -0.05) is 36.8 Å². The Labute approximate surface area is 167 Å². The lowest BCUT2D eigenvalue weighted by molar-refractivity contribution is 0.0493. The molecule has 3 aromatic rings. The van der Waals surface area contributed by atoms with Crippen molar-refractivity contribution in [3.8, 4) is 16.9 Å². The van der Waals surface area contributed by atoms with Crippen LogP contribution in [0.3, 0.4) is 0 Å². The highest BCUT2D eigenvalue weighted by atomic mass is 16.5. The van der Waals surface area contributed by atoms with Gasteiger partial charge in [0.15, 0.2) is 0 Å². The number of hydrogen-bond donors (Lipinski definition) is 0. The molecule has 1 aliphatic heterocycles. The van der Waals surface area contributed by atoms with E-state index >= 15 is 0 Å². The molecule has 5 rings (SSSR count). The molecule has 1 saturated heterocycles. The number of benzene rings is 2. The molecule has 0 spiro atoms. The van der Waals surface area contributed by atoms with Gasteiger partial charge in [0.1, 0.15) is 11.9 Å². The maximum Gasteiger partial charge on any atom is 0.119 e. The van der Waals surface area contributed by atoms with E-state index in [9.17, 15) is 0 Å². The van der Waals surface area contributed by atoms with Gasteiger partial charge in [0.2, 0.25) is 0 Å². The zero-order valence-corrected chi connectivity index (χ0v) is 16.6. The second kappa shape index (κ2) is 7.56. The minimum absolute atomic E-state index is 0.355. The molecule has 3 heteroatoms. The lowest BCUT2D eigenvalue weighted by Gasteiger charge is -2.41. The van der Waals surface area contributed by atoms with Gasteiger partial charge in [0.25, 0.3) is 0 Å². The summed E-state index contributed by atoms with van der Waals surface area (Å²) < 4.78 is 6.29. The van der Waals surface area contributed by atoms with Crippen molar-refractivity contribution in [1.29, 1.82) is 0 Å². The zero-order valence-electron chi connectivity index (χ0n) is 16.6. The molecular weight excluding hydrogens is 344 g/mol. The summed E-state index contributed by atoms with van der Waals surface area (Å²) in [6.07, 6.45) is 8.73. The first kappa shape index (κ1) is 17.7. The number of aromatic nitrogens is 1. The smallest absolute Gasteiger partial charge is 0.119 e. The summed E-state index contributed by atoms with van der Waals surface area (Å²) in [5, 5.41) is 1.19. The molecule has 2 aromatic carbocycles. The quantitative estimate of drug-likeness (QED) is 0.595. The Bertz CT molecular complexity index is 954. The number of pyridine rings is 1. The summed E-state index contributed by atoms with van der Waals surface area (Å²) in [6, 6.07) is 17.9. The molecule has 0 unspecified atom stereocenters. The normalized spacial score (nSPS) is 18.9. The van der Waals surface area contributed by atoms with Crippen LogP contribution in [0.5, 0.6) is 5.75 Å². The number of fused-ring (bicyclic) bond motifs is 1. The van der Waals surface area contributed by atoms with Crippen molar-refractivity contribution in [1.82, 2.24) is 9.88 Å². The molecule has 0 amide bonds. The van der Waals surface area contributed by atoms with Gasteiger partial charge in [-0.2, -0.15) is 0 Å². The van der Waals surface area contributed by atoms with Gasteiger partial charge in [-0.25, -0.2) is 0 Å². The molecule has 2 heterocycles. The van der Waals surface area contributed by atoms with Crippen LogP contribution < -0.4 is 4.74 Å². The van der Waals surface area contributed by atoms with Crippen LogP contribution in [-0.2, 0) is 0 Å². The van der Waals surface area contributed by atoms with Gasteiger partial charge in [-0.05, 0) is 67.5 Å². The maximum atomic E-state index is 6.29. The minimum Gasteiger partial charge on any atom is -0.490 e. The van der Waals surface area contributed by atoms with Crippen molar-refractivity contribution < 1.29 is 4.74 Å². The van der Waals surface area contributed by atoms with E-state index in [0.29, 0.717) is 6.10 Å². The summed E-state index contributed by atoms with van der Waals surface area (Å²) in [5.74, 6) is 0.988. The molecule has 1 saturated carbocycles. The Morgan fingerprint density at radius 1 is 0.929 bits per heavy atom. The first-order valence-corrected chi connectivity index (χ1v) is 10.6. The fraction of sp³-hybridized carbons (Fsp3) is 0.400. The Kier molecular flexibility index (Phi) is 4.77. The highest BCUT2D eigenvalue weighted by Crippen LogP contribution is 2.31. The number of ether oxygens (including phenoxy) is 1. The molecule has 0 atom stereocenters. The van der Waals surface area contributed by atoms with Gasteiger partial charge in [-0.3, -0.25) is 4.98 Å². The van der Waals surface area contributed by atoms with Crippen molar-refractivity contribution in [2.45, 2.75) is 51.2 Å². The van der Waals surface area contributed by atoms with Crippen LogP contribution >= 0.6 is 0 Å². The molecule has 3 nitrogen and oxygen atoms in total. The van der Waals surface area contributed by atoms with Crippen LogP contribution in [0.1, 0.15) is 37.7 Å². The van der Waals surface area contributed by atoms with Crippen LogP contribution in [0.15, 0.2) is 54.7 Å². The lowest BCUT2D eigenvalue weighted by atomic mass is 9.90. The largest absolute Gasteiger partial charge is 0.490 e. The SMILES string of the molecule is Cc1c(-c2ccc(OC3CCN(C4CCC4)CC3)cc2)ccc2cccnc12. The molecule has 2 fully saturated rings. The van der Waals surface area contributed by atoms with E-state index in [-0.39, 0.29) is 0 Å². The molecule has 144 valence electrons. The topological polar surface area (TPSA) is 25.4 Å². The van der Waals surface area contributed by atoms with Crippen molar-refractivity contribution in [3.63, 3.8) is 0 Å². The fourth-order valence-electron chi connectivity index (χ4n) is 4.62. The summed E-state index contributed by atoms with van der Waals surface area (Å²) in [4.78, 5) is 7.23. The van der Waals surface area contributed by atoms with E-state index in [1.54, 1.807) is 0 Å². The van der Waals surface area contributed by atoms with Crippen molar-refractivity contribution in [2.75, 3.05) is 13.1 Å². The van der Waals surface area contributed by atoms with Gasteiger partial charge >= 0.3 is 0 Å². The van der Waals surface area contributed by atoms with Crippen LogP contribution in [0.4, 0.5) is 0 Å². The van der Waals surface area contributed by atoms with Crippen LogP contribution in [-0.4, -0.2) is 35.1 Å². The standard InChI is InChI=1S/C25H28N2O/c1-18-24(12-9-20-4-3-15-26-25(18)20)19-7-10-22(11-8-19)28-23-13-16-27(17-14-23)21-5-2-6-21/h3-4,7-12,15,21,23H,2,5-6,13-14,16-17H2,1H3. The average molecular weight is 373 g/mol. The second-order valence-corrected chi connectivity index (χ2v) is 8.28. The maximum absolute atomic E-state index is 6.29. The molecule has 2 aliphatic rings. The molecular formula is C25H28N2O. The number of likely N-dealkylation sites (tertiary alicyclic amines) is 1. The zero-order chi connectivity index (χ0) is 18.9.